The smallest absolute Gasteiger partial charge is 0.399 e. The van der Waals surface area contributed by atoms with Crippen LogP contribution in [-0.2, 0) is 19.3 Å². The van der Waals surface area contributed by atoms with E-state index in [4.69, 9.17) is 9.31 Å². The van der Waals surface area contributed by atoms with Gasteiger partial charge >= 0.3 is 7.12 Å². The van der Waals surface area contributed by atoms with Crippen molar-refractivity contribution in [2.75, 3.05) is 0 Å². The van der Waals surface area contributed by atoms with Gasteiger partial charge in [-0.05, 0) is 71.0 Å². The van der Waals surface area contributed by atoms with E-state index < -0.39 is 15.3 Å². The first-order chi connectivity index (χ1) is 11.4. The SMILES string of the molecule is CC(C)S(=O)(=O)NC1C=C2CC=C(B3OC(C)(C)C(C)(C)O3)C=C2C1. The molecule has 1 saturated heterocycles. The summed E-state index contributed by atoms with van der Waals surface area (Å²) < 4.78 is 39.2. The minimum absolute atomic E-state index is 0.167. The van der Waals surface area contributed by atoms with Crippen molar-refractivity contribution in [1.82, 2.24) is 4.72 Å². The zero-order valence-electron chi connectivity index (χ0n) is 15.9. The van der Waals surface area contributed by atoms with Crippen molar-refractivity contribution in [3.8, 4) is 0 Å². The van der Waals surface area contributed by atoms with Gasteiger partial charge in [0.15, 0.2) is 0 Å². The Labute approximate surface area is 151 Å². The first-order valence-corrected chi connectivity index (χ1v) is 10.4. The van der Waals surface area contributed by atoms with E-state index in [1.807, 2.05) is 33.8 Å². The monoisotopic (exact) mass is 365 g/mol. The van der Waals surface area contributed by atoms with Crippen LogP contribution in [0, 0.1) is 0 Å². The molecule has 1 aliphatic heterocycles. The quantitative estimate of drug-likeness (QED) is 0.778. The molecule has 0 aromatic heterocycles. The first kappa shape index (κ1) is 18.9. The van der Waals surface area contributed by atoms with Crippen molar-refractivity contribution < 1.29 is 17.7 Å². The van der Waals surface area contributed by atoms with Gasteiger partial charge in [-0.2, -0.15) is 0 Å². The molecule has 1 N–H and O–H groups in total. The standard InChI is InChI=1S/C18H28BNO4S/c1-12(2)25(21,22)20-16-10-13-7-8-15(9-14(13)11-16)19-23-17(3,4)18(5,6)24-19/h8-10,12,16,20H,7,11H2,1-6H3. The lowest BCUT2D eigenvalue weighted by molar-refractivity contribution is 0.00578. The van der Waals surface area contributed by atoms with Crippen LogP contribution >= 0.6 is 0 Å². The van der Waals surface area contributed by atoms with Crippen LogP contribution < -0.4 is 4.72 Å². The maximum Gasteiger partial charge on any atom is 0.494 e. The largest absolute Gasteiger partial charge is 0.494 e. The van der Waals surface area contributed by atoms with Crippen LogP contribution in [0.5, 0.6) is 0 Å². The average molecular weight is 365 g/mol. The molecule has 7 heteroatoms. The predicted molar refractivity (Wildman–Crippen MR) is 101 cm³/mol. The molecule has 3 aliphatic rings. The van der Waals surface area contributed by atoms with Gasteiger partial charge < -0.3 is 9.31 Å². The summed E-state index contributed by atoms with van der Waals surface area (Å²) in [7, 11) is -3.64. The van der Waals surface area contributed by atoms with Crippen molar-refractivity contribution in [1.29, 1.82) is 0 Å². The zero-order valence-corrected chi connectivity index (χ0v) is 16.7. The highest BCUT2D eigenvalue weighted by molar-refractivity contribution is 7.90. The Kier molecular flexibility index (Phi) is 4.60. The molecule has 1 heterocycles. The second kappa shape index (κ2) is 6.08. The Balaban J connectivity index is 1.72. The molecular formula is C18H28BNO4S. The minimum Gasteiger partial charge on any atom is -0.399 e. The number of fused-ring (bicyclic) bond motifs is 1. The Morgan fingerprint density at radius 1 is 1.16 bits per heavy atom. The fraction of sp³-hybridized carbons (Fsp3) is 0.667. The van der Waals surface area contributed by atoms with E-state index in [-0.39, 0.29) is 24.4 Å². The molecule has 0 aromatic carbocycles. The zero-order chi connectivity index (χ0) is 18.6. The summed E-state index contributed by atoms with van der Waals surface area (Å²) in [6.07, 6.45) is 7.71. The molecule has 1 fully saturated rings. The van der Waals surface area contributed by atoms with E-state index in [9.17, 15) is 8.42 Å². The van der Waals surface area contributed by atoms with Crippen LogP contribution in [0.4, 0.5) is 0 Å². The van der Waals surface area contributed by atoms with Crippen LogP contribution in [0.15, 0.2) is 34.8 Å². The summed E-state index contributed by atoms with van der Waals surface area (Å²) in [5, 5.41) is -0.430. The lowest BCUT2D eigenvalue weighted by Gasteiger charge is -2.32. The molecule has 2 aliphatic carbocycles. The summed E-state index contributed by atoms with van der Waals surface area (Å²) in [6, 6.07) is -0.167. The third-order valence-corrected chi connectivity index (χ3v) is 7.49. The van der Waals surface area contributed by atoms with Gasteiger partial charge in [-0.25, -0.2) is 13.1 Å². The lowest BCUT2D eigenvalue weighted by Crippen LogP contribution is -2.41. The van der Waals surface area contributed by atoms with Crippen molar-refractivity contribution in [3.63, 3.8) is 0 Å². The van der Waals surface area contributed by atoms with E-state index in [1.54, 1.807) is 13.8 Å². The highest BCUT2D eigenvalue weighted by atomic mass is 32.2. The maximum absolute atomic E-state index is 12.1. The van der Waals surface area contributed by atoms with E-state index in [0.29, 0.717) is 6.42 Å². The highest BCUT2D eigenvalue weighted by Crippen LogP contribution is 2.41. The van der Waals surface area contributed by atoms with Gasteiger partial charge in [-0.15, -0.1) is 0 Å². The Hall–Kier alpha value is -0.885. The minimum atomic E-state index is -3.27. The van der Waals surface area contributed by atoms with Crippen molar-refractivity contribution in [2.24, 2.45) is 0 Å². The second-order valence-corrected chi connectivity index (χ2v) is 10.6. The molecule has 0 bridgehead atoms. The highest BCUT2D eigenvalue weighted by Gasteiger charge is 2.52. The van der Waals surface area contributed by atoms with Crippen LogP contribution in [0.25, 0.3) is 0 Å². The van der Waals surface area contributed by atoms with E-state index >= 15 is 0 Å². The number of rotatable bonds is 4. The van der Waals surface area contributed by atoms with Crippen LogP contribution in [0.1, 0.15) is 54.4 Å². The number of hydrogen-bond acceptors (Lipinski definition) is 4. The third kappa shape index (κ3) is 3.52. The van der Waals surface area contributed by atoms with E-state index in [2.05, 4.69) is 16.9 Å². The third-order valence-electron chi connectivity index (χ3n) is 5.61. The van der Waals surface area contributed by atoms with Crippen LogP contribution in [0.3, 0.4) is 0 Å². The Morgan fingerprint density at radius 2 is 1.76 bits per heavy atom. The molecule has 0 spiro atoms. The summed E-state index contributed by atoms with van der Waals surface area (Å²) in [5.41, 5.74) is 2.66. The van der Waals surface area contributed by atoms with Crippen LogP contribution in [-0.4, -0.2) is 38.0 Å². The number of hydrogen-bond donors (Lipinski definition) is 1. The predicted octanol–water partition coefficient (Wildman–Crippen LogP) is 2.90. The summed E-state index contributed by atoms with van der Waals surface area (Å²) in [6.45, 7) is 11.5. The number of sulfonamides is 1. The summed E-state index contributed by atoms with van der Waals surface area (Å²) in [4.78, 5) is 0. The lowest BCUT2D eigenvalue weighted by atomic mass is 9.73. The fourth-order valence-electron chi connectivity index (χ4n) is 3.18. The molecular weight excluding hydrogens is 337 g/mol. The average Bonchev–Trinajstić information content (AvgIpc) is 2.94. The topological polar surface area (TPSA) is 64.6 Å². The molecule has 1 atom stereocenters. The Bertz CT molecular complexity index is 746. The van der Waals surface area contributed by atoms with Gasteiger partial charge in [0.1, 0.15) is 0 Å². The van der Waals surface area contributed by atoms with Crippen LogP contribution in [0.2, 0.25) is 0 Å². The van der Waals surface area contributed by atoms with Crippen molar-refractivity contribution in [2.45, 2.75) is 76.9 Å². The molecule has 25 heavy (non-hydrogen) atoms. The van der Waals surface area contributed by atoms with Gasteiger partial charge in [0, 0.05) is 6.04 Å². The summed E-state index contributed by atoms with van der Waals surface area (Å²) in [5.74, 6) is 0. The summed E-state index contributed by atoms with van der Waals surface area (Å²) >= 11 is 0. The molecule has 1 unspecified atom stereocenters. The van der Waals surface area contributed by atoms with E-state index in [1.165, 1.54) is 11.1 Å². The molecule has 0 amide bonds. The van der Waals surface area contributed by atoms with Gasteiger partial charge in [0.05, 0.1) is 16.5 Å². The van der Waals surface area contributed by atoms with Gasteiger partial charge in [-0.3, -0.25) is 0 Å². The maximum atomic E-state index is 12.1. The molecule has 5 nitrogen and oxygen atoms in total. The van der Waals surface area contributed by atoms with Gasteiger partial charge in [0.2, 0.25) is 10.0 Å². The molecule has 0 saturated carbocycles. The molecule has 0 radical (unpaired) electrons. The van der Waals surface area contributed by atoms with E-state index in [0.717, 1.165) is 11.9 Å². The van der Waals surface area contributed by atoms with Crippen molar-refractivity contribution in [3.05, 3.63) is 34.8 Å². The molecule has 3 rings (SSSR count). The fourth-order valence-corrected chi connectivity index (χ4v) is 4.03. The molecule has 0 aromatic rings. The number of allylic oxidation sites excluding steroid dienone is 4. The number of nitrogens with one attached hydrogen (secondary N) is 1. The van der Waals surface area contributed by atoms with Crippen molar-refractivity contribution >= 4 is 17.1 Å². The normalized spacial score (nSPS) is 27.9. The first-order valence-electron chi connectivity index (χ1n) is 8.90. The van der Waals surface area contributed by atoms with Gasteiger partial charge in [0.25, 0.3) is 0 Å². The molecule has 138 valence electrons. The van der Waals surface area contributed by atoms with Gasteiger partial charge in [-0.1, -0.05) is 18.2 Å². The second-order valence-electron chi connectivity index (χ2n) is 8.38. The Morgan fingerprint density at radius 3 is 2.32 bits per heavy atom.